The van der Waals surface area contributed by atoms with E-state index in [4.69, 9.17) is 4.74 Å². The van der Waals surface area contributed by atoms with Crippen molar-refractivity contribution in [3.8, 4) is 0 Å². The van der Waals surface area contributed by atoms with Gasteiger partial charge in [-0.3, -0.25) is 25.0 Å². The standard InChI is InChI=1S/C16H21N3O7/c1-4-5-26-16(21)14(6-10(2)3)17-15(20)11-7-12(18(22)23)9-13(8-11)19(24)25/h7-10,14H,4-6H2,1-3H3,(H,17,20). The summed E-state index contributed by atoms with van der Waals surface area (Å²) in [7, 11) is 0. The summed E-state index contributed by atoms with van der Waals surface area (Å²) in [6.07, 6.45) is 0.913. The minimum Gasteiger partial charge on any atom is -0.464 e. The first-order valence-electron chi connectivity index (χ1n) is 8.07. The molecule has 142 valence electrons. The summed E-state index contributed by atoms with van der Waals surface area (Å²) in [5, 5.41) is 24.3. The third kappa shape index (κ3) is 6.11. The lowest BCUT2D eigenvalue weighted by Gasteiger charge is -2.19. The summed E-state index contributed by atoms with van der Waals surface area (Å²) in [4.78, 5) is 44.7. The third-order valence-corrected chi connectivity index (χ3v) is 3.33. The number of amides is 1. The second-order valence-corrected chi connectivity index (χ2v) is 6.08. The highest BCUT2D eigenvalue weighted by Crippen LogP contribution is 2.23. The molecular formula is C16H21N3O7. The molecule has 0 spiro atoms. The van der Waals surface area contributed by atoms with Crippen molar-refractivity contribution < 1.29 is 24.2 Å². The number of nitro benzene ring substituents is 2. The number of carbonyl (C=O) groups is 2. The van der Waals surface area contributed by atoms with Crippen molar-refractivity contribution in [2.24, 2.45) is 5.92 Å². The van der Waals surface area contributed by atoms with Gasteiger partial charge in [-0.15, -0.1) is 0 Å². The fourth-order valence-electron chi connectivity index (χ4n) is 2.17. The Kier molecular flexibility index (Phi) is 7.63. The normalized spacial score (nSPS) is 11.7. The summed E-state index contributed by atoms with van der Waals surface area (Å²) in [6, 6.07) is 1.66. The second-order valence-electron chi connectivity index (χ2n) is 6.08. The van der Waals surface area contributed by atoms with Crippen LogP contribution in [0, 0.1) is 26.1 Å². The number of carbonyl (C=O) groups excluding carboxylic acids is 2. The lowest BCUT2D eigenvalue weighted by atomic mass is 10.0. The number of hydrogen-bond acceptors (Lipinski definition) is 7. The van der Waals surface area contributed by atoms with Gasteiger partial charge in [0.15, 0.2) is 0 Å². The van der Waals surface area contributed by atoms with Crippen molar-refractivity contribution in [3.63, 3.8) is 0 Å². The highest BCUT2D eigenvalue weighted by molar-refractivity contribution is 5.97. The summed E-state index contributed by atoms with van der Waals surface area (Å²) in [6.45, 7) is 5.73. The molecule has 0 fully saturated rings. The van der Waals surface area contributed by atoms with Gasteiger partial charge in [0.2, 0.25) is 0 Å². The summed E-state index contributed by atoms with van der Waals surface area (Å²) in [5.74, 6) is -1.38. The molecule has 0 saturated heterocycles. The highest BCUT2D eigenvalue weighted by atomic mass is 16.6. The zero-order valence-corrected chi connectivity index (χ0v) is 14.8. The van der Waals surface area contributed by atoms with Crippen LogP contribution in [0.5, 0.6) is 0 Å². The van der Waals surface area contributed by atoms with E-state index in [1.54, 1.807) is 0 Å². The molecule has 0 aromatic heterocycles. The Morgan fingerprint density at radius 2 is 1.65 bits per heavy atom. The third-order valence-electron chi connectivity index (χ3n) is 3.33. The first-order chi connectivity index (χ1) is 12.1. The lowest BCUT2D eigenvalue weighted by molar-refractivity contribution is -0.394. The van der Waals surface area contributed by atoms with Crippen molar-refractivity contribution >= 4 is 23.3 Å². The van der Waals surface area contributed by atoms with Crippen LogP contribution in [0.4, 0.5) is 11.4 Å². The monoisotopic (exact) mass is 367 g/mol. The van der Waals surface area contributed by atoms with Gasteiger partial charge in [0.1, 0.15) is 6.04 Å². The summed E-state index contributed by atoms with van der Waals surface area (Å²) < 4.78 is 5.04. The molecule has 1 atom stereocenters. The van der Waals surface area contributed by atoms with Crippen LogP contribution in [0.2, 0.25) is 0 Å². The second kappa shape index (κ2) is 9.44. The molecule has 0 aliphatic heterocycles. The molecule has 10 heteroatoms. The first kappa shape index (κ1) is 21.0. The first-order valence-corrected chi connectivity index (χ1v) is 8.07. The molecule has 1 aromatic carbocycles. The number of hydrogen-bond donors (Lipinski definition) is 1. The Labute approximate surface area is 149 Å². The Hall–Kier alpha value is -3.04. The number of ether oxygens (including phenoxy) is 1. The minimum atomic E-state index is -0.952. The lowest BCUT2D eigenvalue weighted by Crippen LogP contribution is -2.42. The van der Waals surface area contributed by atoms with Gasteiger partial charge < -0.3 is 10.1 Å². The van der Waals surface area contributed by atoms with Crippen molar-refractivity contribution in [1.82, 2.24) is 5.32 Å². The van der Waals surface area contributed by atoms with Gasteiger partial charge in [0, 0.05) is 12.1 Å². The van der Waals surface area contributed by atoms with E-state index < -0.39 is 39.1 Å². The van der Waals surface area contributed by atoms with E-state index in [9.17, 15) is 29.8 Å². The topological polar surface area (TPSA) is 142 Å². The van der Waals surface area contributed by atoms with Crippen LogP contribution < -0.4 is 5.32 Å². The van der Waals surface area contributed by atoms with Gasteiger partial charge in [-0.25, -0.2) is 4.79 Å². The molecule has 1 unspecified atom stereocenters. The molecule has 1 rings (SSSR count). The van der Waals surface area contributed by atoms with Gasteiger partial charge in [-0.1, -0.05) is 20.8 Å². The maximum Gasteiger partial charge on any atom is 0.328 e. The minimum absolute atomic E-state index is 0.0638. The molecule has 0 saturated carbocycles. The molecule has 1 N–H and O–H groups in total. The molecular weight excluding hydrogens is 346 g/mol. The Morgan fingerprint density at radius 3 is 2.08 bits per heavy atom. The quantitative estimate of drug-likeness (QED) is 0.401. The van der Waals surface area contributed by atoms with Crippen LogP contribution in [0.1, 0.15) is 44.0 Å². The number of esters is 1. The number of nitrogens with one attached hydrogen (secondary N) is 1. The molecule has 0 aliphatic carbocycles. The van der Waals surface area contributed by atoms with Gasteiger partial charge in [-0.2, -0.15) is 0 Å². The fraction of sp³-hybridized carbons (Fsp3) is 0.500. The van der Waals surface area contributed by atoms with E-state index in [-0.39, 0.29) is 18.1 Å². The van der Waals surface area contributed by atoms with E-state index in [1.165, 1.54) is 0 Å². The average Bonchev–Trinajstić information content (AvgIpc) is 2.57. The molecule has 0 aliphatic rings. The Morgan fingerprint density at radius 1 is 1.12 bits per heavy atom. The van der Waals surface area contributed by atoms with Crippen LogP contribution in [0.3, 0.4) is 0 Å². The van der Waals surface area contributed by atoms with Gasteiger partial charge >= 0.3 is 5.97 Å². The van der Waals surface area contributed by atoms with Crippen LogP contribution in [-0.4, -0.2) is 34.4 Å². The van der Waals surface area contributed by atoms with Gasteiger partial charge in [-0.05, 0) is 18.8 Å². The van der Waals surface area contributed by atoms with Crippen LogP contribution >= 0.6 is 0 Å². The van der Waals surface area contributed by atoms with E-state index in [1.807, 2.05) is 20.8 Å². The van der Waals surface area contributed by atoms with E-state index in [0.717, 1.165) is 18.2 Å². The molecule has 1 aromatic rings. The number of nitrogens with zero attached hydrogens (tertiary/aromatic N) is 2. The van der Waals surface area contributed by atoms with Crippen molar-refractivity contribution in [1.29, 1.82) is 0 Å². The molecule has 0 radical (unpaired) electrons. The number of nitro groups is 2. The Bertz CT molecular complexity index is 671. The largest absolute Gasteiger partial charge is 0.464 e. The van der Waals surface area contributed by atoms with E-state index >= 15 is 0 Å². The number of benzene rings is 1. The van der Waals surface area contributed by atoms with Crippen LogP contribution in [0.25, 0.3) is 0 Å². The predicted molar refractivity (Wildman–Crippen MR) is 91.7 cm³/mol. The molecule has 10 nitrogen and oxygen atoms in total. The molecule has 0 bridgehead atoms. The average molecular weight is 367 g/mol. The number of non-ortho nitro benzene ring substituents is 2. The van der Waals surface area contributed by atoms with Crippen molar-refractivity contribution in [2.75, 3.05) is 6.61 Å². The van der Waals surface area contributed by atoms with Gasteiger partial charge in [0.05, 0.1) is 28.1 Å². The maximum absolute atomic E-state index is 12.4. The molecule has 1 amide bonds. The summed E-state index contributed by atoms with van der Waals surface area (Å²) in [5.41, 5.74) is -1.44. The fourth-order valence-corrected chi connectivity index (χ4v) is 2.17. The molecule has 26 heavy (non-hydrogen) atoms. The maximum atomic E-state index is 12.4. The smallest absolute Gasteiger partial charge is 0.328 e. The zero-order valence-electron chi connectivity index (χ0n) is 14.8. The zero-order chi connectivity index (χ0) is 19.9. The SMILES string of the molecule is CCCOC(=O)C(CC(C)C)NC(=O)c1cc([N+](=O)[O-])cc([N+](=O)[O-])c1. The molecule has 0 heterocycles. The summed E-state index contributed by atoms with van der Waals surface area (Å²) >= 11 is 0. The predicted octanol–water partition coefficient (Wildman–Crippen LogP) is 2.60. The van der Waals surface area contributed by atoms with E-state index in [2.05, 4.69) is 5.32 Å². The highest BCUT2D eigenvalue weighted by Gasteiger charge is 2.26. The van der Waals surface area contributed by atoms with Crippen molar-refractivity contribution in [3.05, 3.63) is 44.0 Å². The van der Waals surface area contributed by atoms with Crippen LogP contribution in [-0.2, 0) is 9.53 Å². The number of rotatable bonds is 9. The van der Waals surface area contributed by atoms with Crippen molar-refractivity contribution in [2.45, 2.75) is 39.7 Å². The Balaban J connectivity index is 3.09. The van der Waals surface area contributed by atoms with E-state index in [0.29, 0.717) is 12.8 Å². The van der Waals surface area contributed by atoms with Gasteiger partial charge in [0.25, 0.3) is 17.3 Å². The van der Waals surface area contributed by atoms with Crippen LogP contribution in [0.15, 0.2) is 18.2 Å².